The topological polar surface area (TPSA) is 106 Å². The van der Waals surface area contributed by atoms with Crippen LogP contribution in [0.25, 0.3) is 10.4 Å². The summed E-state index contributed by atoms with van der Waals surface area (Å²) >= 11 is 0. The van der Waals surface area contributed by atoms with Gasteiger partial charge in [-0.05, 0) is 60.0 Å². The number of methoxy groups -OCH3 is 4. The number of aliphatic hydroxyl groups is 1. The van der Waals surface area contributed by atoms with E-state index in [2.05, 4.69) is 10.0 Å². The molecule has 0 saturated heterocycles. The Kier molecular flexibility index (Phi) is 8.14. The van der Waals surface area contributed by atoms with Gasteiger partial charge in [-0.15, -0.1) is 0 Å². The Morgan fingerprint density at radius 3 is 2.36 bits per heavy atom. The van der Waals surface area contributed by atoms with E-state index in [1.54, 1.807) is 34.5 Å². The van der Waals surface area contributed by atoms with Crippen LogP contribution in [-0.4, -0.2) is 46.4 Å². The molecule has 0 radical (unpaired) electrons. The van der Waals surface area contributed by atoms with Gasteiger partial charge in [0.2, 0.25) is 0 Å². The Bertz CT molecular complexity index is 742. The smallest absolute Gasteiger partial charge is 0.161 e. The maximum atomic E-state index is 11.8. The lowest BCUT2D eigenvalue weighted by Gasteiger charge is -2.34. The predicted octanol–water partition coefficient (Wildman–Crippen LogP) is 3.86. The zero-order valence-electron chi connectivity index (χ0n) is 17.0. The molecule has 0 fully saturated rings. The van der Waals surface area contributed by atoms with Gasteiger partial charge in [0.15, 0.2) is 17.8 Å². The minimum atomic E-state index is -1.44. The van der Waals surface area contributed by atoms with Gasteiger partial charge in [0.25, 0.3) is 0 Å². The lowest BCUT2D eigenvalue weighted by atomic mass is 9.78. The van der Waals surface area contributed by atoms with Crippen molar-refractivity contribution in [2.24, 2.45) is 5.11 Å². The van der Waals surface area contributed by atoms with Gasteiger partial charge in [-0.1, -0.05) is 11.2 Å². The molecule has 0 aromatic heterocycles. The van der Waals surface area contributed by atoms with Crippen LogP contribution in [0.15, 0.2) is 28.9 Å². The monoisotopic (exact) mass is 391 g/mol. The van der Waals surface area contributed by atoms with Crippen molar-refractivity contribution in [1.82, 2.24) is 0 Å². The van der Waals surface area contributed by atoms with E-state index < -0.39 is 11.9 Å². The minimum Gasteiger partial charge on any atom is -0.493 e. The highest BCUT2D eigenvalue weighted by Crippen LogP contribution is 2.42. The molecule has 1 aromatic carbocycles. The molecular weight excluding hydrogens is 362 g/mol. The van der Waals surface area contributed by atoms with Crippen molar-refractivity contribution in [1.29, 1.82) is 0 Å². The van der Waals surface area contributed by atoms with Crippen LogP contribution >= 0.6 is 0 Å². The van der Waals surface area contributed by atoms with Crippen LogP contribution in [0.1, 0.15) is 36.8 Å². The Morgan fingerprint density at radius 2 is 1.82 bits per heavy atom. The first-order valence-corrected chi connectivity index (χ1v) is 9.27. The van der Waals surface area contributed by atoms with Crippen molar-refractivity contribution in [3.05, 3.63) is 45.4 Å². The van der Waals surface area contributed by atoms with Gasteiger partial charge in [0.05, 0.1) is 20.8 Å². The van der Waals surface area contributed by atoms with Gasteiger partial charge in [0.1, 0.15) is 5.60 Å². The number of azide groups is 1. The zero-order chi connectivity index (χ0) is 20.6. The largest absolute Gasteiger partial charge is 0.493 e. The lowest BCUT2D eigenvalue weighted by molar-refractivity contribution is -0.101. The molecule has 2 rings (SSSR count). The van der Waals surface area contributed by atoms with Crippen molar-refractivity contribution in [3.8, 4) is 11.5 Å². The second-order valence-electron chi connectivity index (χ2n) is 6.69. The molecule has 28 heavy (non-hydrogen) atoms. The van der Waals surface area contributed by atoms with Crippen LogP contribution in [0.3, 0.4) is 0 Å². The molecule has 0 saturated carbocycles. The Balaban J connectivity index is 2.67. The van der Waals surface area contributed by atoms with E-state index in [9.17, 15) is 5.11 Å². The van der Waals surface area contributed by atoms with Crippen molar-refractivity contribution < 1.29 is 24.1 Å². The number of rotatable bonds is 10. The van der Waals surface area contributed by atoms with Crippen molar-refractivity contribution in [2.45, 2.75) is 44.0 Å². The Hall–Kier alpha value is -2.25. The maximum Gasteiger partial charge on any atom is 0.161 e. The van der Waals surface area contributed by atoms with Crippen LogP contribution < -0.4 is 9.47 Å². The molecule has 8 heteroatoms. The normalized spacial score (nSPS) is 16.1. The SMILES string of the molecule is COc1cc(CC(OC)OC)c(C(O)(CN=[N+]=[N-])C2=CCCCC2)cc1OC. The average molecular weight is 391 g/mol. The summed E-state index contributed by atoms with van der Waals surface area (Å²) in [6.45, 7) is -0.109. The van der Waals surface area contributed by atoms with Crippen molar-refractivity contribution in [3.63, 3.8) is 0 Å². The third-order valence-electron chi connectivity index (χ3n) is 5.15. The highest BCUT2D eigenvalue weighted by Gasteiger charge is 2.37. The predicted molar refractivity (Wildman–Crippen MR) is 106 cm³/mol. The van der Waals surface area contributed by atoms with E-state index in [-0.39, 0.29) is 6.54 Å². The molecule has 1 aliphatic rings. The summed E-state index contributed by atoms with van der Waals surface area (Å²) in [5.41, 5.74) is 9.68. The first-order chi connectivity index (χ1) is 13.5. The molecule has 8 nitrogen and oxygen atoms in total. The summed E-state index contributed by atoms with van der Waals surface area (Å²) in [5, 5.41) is 15.5. The molecule has 1 aliphatic carbocycles. The summed E-state index contributed by atoms with van der Waals surface area (Å²) in [6, 6.07) is 3.56. The molecule has 0 spiro atoms. The number of benzene rings is 1. The fourth-order valence-electron chi connectivity index (χ4n) is 3.62. The quantitative estimate of drug-likeness (QED) is 0.214. The summed E-state index contributed by atoms with van der Waals surface area (Å²) < 4.78 is 21.6. The molecule has 1 N–H and O–H groups in total. The van der Waals surface area contributed by atoms with Crippen LogP contribution in [0, 0.1) is 0 Å². The highest BCUT2D eigenvalue weighted by atomic mass is 16.7. The second kappa shape index (κ2) is 10.3. The zero-order valence-corrected chi connectivity index (χ0v) is 17.0. The van der Waals surface area contributed by atoms with E-state index >= 15 is 0 Å². The first-order valence-electron chi connectivity index (χ1n) is 9.27. The van der Waals surface area contributed by atoms with E-state index in [1.807, 2.05) is 12.1 Å². The van der Waals surface area contributed by atoms with Gasteiger partial charge in [0, 0.05) is 25.6 Å². The summed E-state index contributed by atoms with van der Waals surface area (Å²) in [4.78, 5) is 2.87. The highest BCUT2D eigenvalue weighted by molar-refractivity contribution is 5.52. The number of allylic oxidation sites excluding steroid dienone is 1. The third-order valence-corrected chi connectivity index (χ3v) is 5.15. The molecule has 0 heterocycles. The van der Waals surface area contributed by atoms with Gasteiger partial charge in [-0.25, -0.2) is 0 Å². The first kappa shape index (κ1) is 22.0. The van der Waals surface area contributed by atoms with Gasteiger partial charge in [-0.3, -0.25) is 0 Å². The van der Waals surface area contributed by atoms with Gasteiger partial charge >= 0.3 is 0 Å². The lowest BCUT2D eigenvalue weighted by Crippen LogP contribution is -2.34. The standard InChI is InChI=1S/C20H29N3O5/c1-25-17-10-14(11-19(27-3)28-4)16(12-18(17)26-2)20(24,13-22-23-21)15-8-6-5-7-9-15/h8,10,12,19,24H,5-7,9,11,13H2,1-4H3. The average Bonchev–Trinajstić information content (AvgIpc) is 2.75. The Morgan fingerprint density at radius 1 is 1.14 bits per heavy atom. The molecule has 1 atom stereocenters. The van der Waals surface area contributed by atoms with E-state index in [4.69, 9.17) is 24.5 Å². The van der Waals surface area contributed by atoms with Crippen LogP contribution in [0.2, 0.25) is 0 Å². The summed E-state index contributed by atoms with van der Waals surface area (Å²) in [7, 11) is 6.22. The van der Waals surface area contributed by atoms with Gasteiger partial charge in [-0.2, -0.15) is 0 Å². The van der Waals surface area contributed by atoms with Gasteiger partial charge < -0.3 is 24.1 Å². The van der Waals surface area contributed by atoms with Crippen molar-refractivity contribution in [2.75, 3.05) is 35.0 Å². The maximum absolute atomic E-state index is 11.8. The van der Waals surface area contributed by atoms with E-state index in [0.29, 0.717) is 23.5 Å². The fourth-order valence-corrected chi connectivity index (χ4v) is 3.62. The number of hydrogen-bond donors (Lipinski definition) is 1. The molecule has 0 amide bonds. The fraction of sp³-hybridized carbons (Fsp3) is 0.600. The third kappa shape index (κ3) is 4.77. The van der Waals surface area contributed by atoms with Crippen LogP contribution in [0.5, 0.6) is 11.5 Å². The number of hydrogen-bond acceptors (Lipinski definition) is 6. The van der Waals surface area contributed by atoms with Crippen LogP contribution in [-0.2, 0) is 21.5 Å². The Labute approximate surface area is 165 Å². The van der Waals surface area contributed by atoms with Crippen molar-refractivity contribution >= 4 is 0 Å². The summed E-state index contributed by atoms with van der Waals surface area (Å²) in [6.07, 6.45) is 5.61. The van der Waals surface area contributed by atoms with E-state index in [0.717, 1.165) is 36.8 Å². The molecule has 1 unspecified atom stereocenters. The van der Waals surface area contributed by atoms with E-state index in [1.165, 1.54) is 0 Å². The van der Waals surface area contributed by atoms with Crippen LogP contribution in [0.4, 0.5) is 0 Å². The molecule has 0 bridgehead atoms. The number of nitrogens with zero attached hydrogens (tertiary/aromatic N) is 3. The molecule has 154 valence electrons. The minimum absolute atomic E-state index is 0.109. The molecular formula is C20H29N3O5. The molecule has 0 aliphatic heterocycles. The number of ether oxygens (including phenoxy) is 4. The molecule has 1 aromatic rings. The summed E-state index contributed by atoms with van der Waals surface area (Å²) in [5.74, 6) is 1.03. The second-order valence-corrected chi connectivity index (χ2v) is 6.69.